The molecule has 0 atom stereocenters. The van der Waals surface area contributed by atoms with Gasteiger partial charge in [0.25, 0.3) is 0 Å². The first-order valence-electron chi connectivity index (χ1n) is 6.69. The van der Waals surface area contributed by atoms with Crippen LogP contribution in [0.1, 0.15) is 44.3 Å². The zero-order chi connectivity index (χ0) is 15.4. The van der Waals surface area contributed by atoms with Gasteiger partial charge in [0, 0.05) is 0 Å². The van der Waals surface area contributed by atoms with Crippen molar-refractivity contribution in [1.29, 1.82) is 0 Å². The van der Waals surface area contributed by atoms with Crippen molar-refractivity contribution in [3.63, 3.8) is 0 Å². The quantitative estimate of drug-likeness (QED) is 0.884. The Kier molecular flexibility index (Phi) is 4.38. The summed E-state index contributed by atoms with van der Waals surface area (Å²) in [7, 11) is 0. The molecule has 108 valence electrons. The largest absolute Gasteiger partial charge is 0.478 e. The lowest BCUT2D eigenvalue weighted by atomic mass is 9.91. The van der Waals surface area contributed by atoms with Crippen LogP contribution in [0.4, 0.5) is 0 Å². The number of carboxylic acids is 2. The third kappa shape index (κ3) is 3.11. The molecule has 0 amide bonds. The van der Waals surface area contributed by atoms with Gasteiger partial charge < -0.3 is 10.2 Å². The SMILES string of the molecule is CCc1c(Cc2ccccc2)ccc(C(=O)O)c1C(=O)O. The minimum absolute atomic E-state index is 0.0987. The molecule has 2 aromatic rings. The monoisotopic (exact) mass is 284 g/mol. The average Bonchev–Trinajstić information content (AvgIpc) is 2.47. The van der Waals surface area contributed by atoms with Gasteiger partial charge in [0.1, 0.15) is 0 Å². The van der Waals surface area contributed by atoms with E-state index in [4.69, 9.17) is 5.11 Å². The summed E-state index contributed by atoms with van der Waals surface area (Å²) in [6.45, 7) is 1.84. The molecule has 0 aliphatic heterocycles. The van der Waals surface area contributed by atoms with E-state index in [0.717, 1.165) is 11.1 Å². The zero-order valence-corrected chi connectivity index (χ0v) is 11.7. The Morgan fingerprint density at radius 1 is 0.952 bits per heavy atom. The third-order valence-corrected chi connectivity index (χ3v) is 3.45. The number of aromatic carboxylic acids is 2. The second-order valence-electron chi connectivity index (χ2n) is 4.75. The lowest BCUT2D eigenvalue weighted by Gasteiger charge is -2.13. The van der Waals surface area contributed by atoms with Gasteiger partial charge in [-0.15, -0.1) is 0 Å². The fraction of sp³-hybridized carbons (Fsp3) is 0.176. The molecular formula is C17H16O4. The summed E-state index contributed by atoms with van der Waals surface area (Å²) in [5.41, 5.74) is 2.25. The highest BCUT2D eigenvalue weighted by Crippen LogP contribution is 2.23. The Hall–Kier alpha value is -2.62. The Morgan fingerprint density at radius 2 is 1.62 bits per heavy atom. The standard InChI is InChI=1S/C17H16O4/c1-2-13-12(10-11-6-4-3-5-7-11)8-9-14(16(18)19)15(13)17(20)21/h3-9H,2,10H2,1H3,(H,18,19)(H,20,21). The highest BCUT2D eigenvalue weighted by atomic mass is 16.4. The summed E-state index contributed by atoms with van der Waals surface area (Å²) < 4.78 is 0. The van der Waals surface area contributed by atoms with Crippen LogP contribution in [0.3, 0.4) is 0 Å². The van der Waals surface area contributed by atoms with Crippen molar-refractivity contribution in [2.75, 3.05) is 0 Å². The molecule has 0 spiro atoms. The van der Waals surface area contributed by atoms with Crippen LogP contribution in [0, 0.1) is 0 Å². The summed E-state index contributed by atoms with van der Waals surface area (Å²) in [5, 5.41) is 18.5. The maximum Gasteiger partial charge on any atom is 0.336 e. The van der Waals surface area contributed by atoms with E-state index in [-0.39, 0.29) is 11.1 Å². The van der Waals surface area contributed by atoms with Gasteiger partial charge in [-0.2, -0.15) is 0 Å². The second kappa shape index (κ2) is 6.22. The maximum absolute atomic E-state index is 11.4. The van der Waals surface area contributed by atoms with Crippen molar-refractivity contribution in [3.05, 3.63) is 70.3 Å². The predicted octanol–water partition coefficient (Wildman–Crippen LogP) is 3.24. The third-order valence-electron chi connectivity index (χ3n) is 3.45. The van der Waals surface area contributed by atoms with E-state index in [2.05, 4.69) is 0 Å². The van der Waals surface area contributed by atoms with Crippen LogP contribution in [0.2, 0.25) is 0 Å². The normalized spacial score (nSPS) is 10.3. The van der Waals surface area contributed by atoms with Crippen molar-refractivity contribution in [1.82, 2.24) is 0 Å². The van der Waals surface area contributed by atoms with E-state index in [0.29, 0.717) is 18.4 Å². The molecule has 2 aromatic carbocycles. The number of hydrogen-bond acceptors (Lipinski definition) is 2. The first-order chi connectivity index (χ1) is 10.0. The number of rotatable bonds is 5. The molecular weight excluding hydrogens is 268 g/mol. The van der Waals surface area contributed by atoms with Gasteiger partial charge in [0.05, 0.1) is 11.1 Å². The van der Waals surface area contributed by atoms with Crippen LogP contribution in [0.25, 0.3) is 0 Å². The minimum atomic E-state index is -1.21. The van der Waals surface area contributed by atoms with Gasteiger partial charge in [0.2, 0.25) is 0 Å². The molecule has 0 radical (unpaired) electrons. The fourth-order valence-corrected chi connectivity index (χ4v) is 2.50. The molecule has 4 nitrogen and oxygen atoms in total. The van der Waals surface area contributed by atoms with Crippen molar-refractivity contribution in [2.24, 2.45) is 0 Å². The van der Waals surface area contributed by atoms with E-state index in [9.17, 15) is 14.7 Å². The second-order valence-corrected chi connectivity index (χ2v) is 4.75. The van der Waals surface area contributed by atoms with Gasteiger partial charge in [0.15, 0.2) is 0 Å². The Morgan fingerprint density at radius 3 is 2.14 bits per heavy atom. The van der Waals surface area contributed by atoms with E-state index < -0.39 is 11.9 Å². The number of benzene rings is 2. The fourth-order valence-electron chi connectivity index (χ4n) is 2.50. The number of hydrogen-bond donors (Lipinski definition) is 2. The van der Waals surface area contributed by atoms with Crippen molar-refractivity contribution < 1.29 is 19.8 Å². The first kappa shape index (κ1) is 14.8. The lowest BCUT2D eigenvalue weighted by molar-refractivity contribution is 0.0650. The van der Waals surface area contributed by atoms with Crippen LogP contribution in [0.5, 0.6) is 0 Å². The molecule has 0 unspecified atom stereocenters. The van der Waals surface area contributed by atoms with E-state index in [1.165, 1.54) is 6.07 Å². The van der Waals surface area contributed by atoms with Crippen molar-refractivity contribution in [3.8, 4) is 0 Å². The molecule has 0 saturated heterocycles. The molecule has 0 aliphatic carbocycles. The molecule has 21 heavy (non-hydrogen) atoms. The summed E-state index contributed by atoms with van der Waals surface area (Å²) in [6, 6.07) is 12.8. The highest BCUT2D eigenvalue weighted by molar-refractivity contribution is 6.03. The van der Waals surface area contributed by atoms with Crippen LogP contribution in [-0.2, 0) is 12.8 Å². The van der Waals surface area contributed by atoms with Crippen molar-refractivity contribution in [2.45, 2.75) is 19.8 Å². The van der Waals surface area contributed by atoms with Gasteiger partial charge >= 0.3 is 11.9 Å². The number of carbonyl (C=O) groups is 2. The topological polar surface area (TPSA) is 74.6 Å². The maximum atomic E-state index is 11.4. The van der Waals surface area contributed by atoms with Crippen LogP contribution < -0.4 is 0 Å². The molecule has 2 N–H and O–H groups in total. The predicted molar refractivity (Wildman–Crippen MR) is 79.0 cm³/mol. The summed E-state index contributed by atoms with van der Waals surface area (Å²) in [4.78, 5) is 22.6. The Labute approximate surface area is 122 Å². The molecule has 0 bridgehead atoms. The lowest BCUT2D eigenvalue weighted by Crippen LogP contribution is -2.13. The Bertz CT molecular complexity index is 675. The molecule has 0 aliphatic rings. The summed E-state index contributed by atoms with van der Waals surface area (Å²) in [5.74, 6) is -2.41. The average molecular weight is 284 g/mol. The van der Waals surface area contributed by atoms with E-state index in [1.54, 1.807) is 6.07 Å². The van der Waals surface area contributed by atoms with Crippen molar-refractivity contribution >= 4 is 11.9 Å². The van der Waals surface area contributed by atoms with Crippen LogP contribution in [-0.4, -0.2) is 22.2 Å². The molecule has 0 heterocycles. The van der Waals surface area contributed by atoms with Gasteiger partial charge in [-0.25, -0.2) is 9.59 Å². The molecule has 0 aromatic heterocycles. The number of carboxylic acid groups (broad SMARTS) is 2. The first-order valence-corrected chi connectivity index (χ1v) is 6.69. The van der Waals surface area contributed by atoms with Gasteiger partial charge in [-0.1, -0.05) is 43.3 Å². The van der Waals surface area contributed by atoms with E-state index in [1.807, 2.05) is 37.3 Å². The summed E-state index contributed by atoms with van der Waals surface area (Å²) >= 11 is 0. The summed E-state index contributed by atoms with van der Waals surface area (Å²) in [6.07, 6.45) is 1.06. The zero-order valence-electron chi connectivity index (χ0n) is 11.7. The smallest absolute Gasteiger partial charge is 0.336 e. The molecule has 2 rings (SSSR count). The Balaban J connectivity index is 2.55. The van der Waals surface area contributed by atoms with E-state index >= 15 is 0 Å². The van der Waals surface area contributed by atoms with Gasteiger partial charge in [-0.05, 0) is 35.6 Å². The molecule has 0 fully saturated rings. The van der Waals surface area contributed by atoms with Crippen LogP contribution >= 0.6 is 0 Å². The van der Waals surface area contributed by atoms with Crippen LogP contribution in [0.15, 0.2) is 42.5 Å². The van der Waals surface area contributed by atoms with Gasteiger partial charge in [-0.3, -0.25) is 0 Å². The minimum Gasteiger partial charge on any atom is -0.478 e. The molecule has 0 saturated carbocycles. The highest BCUT2D eigenvalue weighted by Gasteiger charge is 2.21. The molecule has 4 heteroatoms.